The van der Waals surface area contributed by atoms with Crippen molar-refractivity contribution in [2.24, 2.45) is 11.8 Å². The molecule has 0 aromatic carbocycles. The maximum absolute atomic E-state index is 6.02. The van der Waals surface area contributed by atoms with Crippen LogP contribution in [0.4, 0.5) is 0 Å². The molecule has 0 radical (unpaired) electrons. The molecule has 2 fully saturated rings. The van der Waals surface area contributed by atoms with Crippen molar-refractivity contribution < 1.29 is 9.47 Å². The molecule has 1 saturated heterocycles. The molecular formula is C21H40O2. The van der Waals surface area contributed by atoms with Crippen molar-refractivity contribution in [2.45, 2.75) is 110 Å². The summed E-state index contributed by atoms with van der Waals surface area (Å²) in [6.45, 7) is 6.51. The predicted octanol–water partition coefficient (Wildman–Crippen LogP) is 6.13. The quantitative estimate of drug-likeness (QED) is 0.283. The van der Waals surface area contributed by atoms with Crippen LogP contribution in [0.3, 0.4) is 0 Å². The van der Waals surface area contributed by atoms with E-state index in [-0.39, 0.29) is 0 Å². The lowest BCUT2D eigenvalue weighted by atomic mass is 9.77. The van der Waals surface area contributed by atoms with E-state index in [1.165, 1.54) is 83.5 Å². The minimum absolute atomic E-state index is 0.587. The second-order valence-corrected chi connectivity index (χ2v) is 7.90. The summed E-state index contributed by atoms with van der Waals surface area (Å²) in [5.74, 6) is 1.63. The Balaban J connectivity index is 1.56. The number of hydrogen-bond donors (Lipinski definition) is 0. The molecule has 2 heteroatoms. The normalized spacial score (nSPS) is 29.5. The molecule has 2 rings (SSSR count). The summed E-state index contributed by atoms with van der Waals surface area (Å²) in [4.78, 5) is 0. The Morgan fingerprint density at radius 2 is 1.35 bits per heavy atom. The van der Waals surface area contributed by atoms with Crippen molar-refractivity contribution in [3.8, 4) is 0 Å². The van der Waals surface area contributed by atoms with Crippen LogP contribution in [0.15, 0.2) is 0 Å². The van der Waals surface area contributed by atoms with Crippen LogP contribution in [0.5, 0.6) is 0 Å². The number of ether oxygens (including phenoxy) is 2. The third kappa shape index (κ3) is 7.56. The average molecular weight is 325 g/mol. The van der Waals surface area contributed by atoms with Crippen LogP contribution < -0.4 is 0 Å². The molecule has 2 nitrogen and oxygen atoms in total. The number of hydrogen-bond acceptors (Lipinski definition) is 2. The highest BCUT2D eigenvalue weighted by Crippen LogP contribution is 2.44. The Hall–Kier alpha value is -0.0800. The van der Waals surface area contributed by atoms with Gasteiger partial charge < -0.3 is 9.47 Å². The van der Waals surface area contributed by atoms with Gasteiger partial charge in [0, 0.05) is 13.2 Å². The molecule has 0 bridgehead atoms. The molecule has 0 aromatic rings. The molecule has 1 saturated carbocycles. The van der Waals surface area contributed by atoms with E-state index in [9.17, 15) is 0 Å². The van der Waals surface area contributed by atoms with Gasteiger partial charge >= 0.3 is 0 Å². The fourth-order valence-corrected chi connectivity index (χ4v) is 4.19. The van der Waals surface area contributed by atoms with E-state index < -0.39 is 0 Å². The topological polar surface area (TPSA) is 21.8 Å². The molecule has 0 aromatic heterocycles. The zero-order valence-corrected chi connectivity index (χ0v) is 15.7. The van der Waals surface area contributed by atoms with Crippen molar-refractivity contribution in [1.29, 1.82) is 0 Å². The van der Waals surface area contributed by atoms with E-state index in [1.54, 1.807) is 0 Å². The zero-order valence-electron chi connectivity index (χ0n) is 15.7. The molecule has 0 amide bonds. The maximum atomic E-state index is 6.02. The van der Waals surface area contributed by atoms with Crippen molar-refractivity contribution in [2.75, 3.05) is 13.2 Å². The number of rotatable bonds is 14. The summed E-state index contributed by atoms with van der Waals surface area (Å²) in [7, 11) is 0. The van der Waals surface area contributed by atoms with Gasteiger partial charge in [-0.2, -0.15) is 0 Å². The Labute approximate surface area is 144 Å². The van der Waals surface area contributed by atoms with Crippen molar-refractivity contribution >= 4 is 0 Å². The van der Waals surface area contributed by atoms with Gasteiger partial charge in [-0.15, -0.1) is 0 Å². The second-order valence-electron chi connectivity index (χ2n) is 7.90. The van der Waals surface area contributed by atoms with Crippen LogP contribution in [0, 0.1) is 11.8 Å². The molecule has 4 unspecified atom stereocenters. The van der Waals surface area contributed by atoms with E-state index >= 15 is 0 Å². The first kappa shape index (κ1) is 19.2. The van der Waals surface area contributed by atoms with Crippen LogP contribution in [0.1, 0.15) is 97.3 Å². The molecule has 2 aliphatic rings. The highest BCUT2D eigenvalue weighted by atomic mass is 16.6. The summed E-state index contributed by atoms with van der Waals surface area (Å²) in [5, 5.41) is 0. The third-order valence-electron chi connectivity index (χ3n) is 5.83. The molecule has 1 heterocycles. The fraction of sp³-hybridized carbons (Fsp3) is 1.00. The van der Waals surface area contributed by atoms with Gasteiger partial charge in [-0.25, -0.2) is 0 Å². The first-order valence-electron chi connectivity index (χ1n) is 10.6. The van der Waals surface area contributed by atoms with Gasteiger partial charge in [0.25, 0.3) is 0 Å². The second kappa shape index (κ2) is 11.5. The average Bonchev–Trinajstić information content (AvgIpc) is 3.32. The summed E-state index contributed by atoms with van der Waals surface area (Å²) >= 11 is 0. The smallest absolute Gasteiger partial charge is 0.0845 e. The first-order chi connectivity index (χ1) is 11.3. The van der Waals surface area contributed by atoms with Gasteiger partial charge in [-0.1, -0.05) is 71.6 Å². The van der Waals surface area contributed by atoms with Gasteiger partial charge in [0.05, 0.1) is 12.2 Å². The van der Waals surface area contributed by atoms with Crippen molar-refractivity contribution in [3.05, 3.63) is 0 Å². The first-order valence-corrected chi connectivity index (χ1v) is 10.6. The molecule has 23 heavy (non-hydrogen) atoms. The van der Waals surface area contributed by atoms with Crippen LogP contribution in [0.2, 0.25) is 0 Å². The monoisotopic (exact) mass is 324 g/mol. The van der Waals surface area contributed by atoms with Gasteiger partial charge in [-0.05, 0) is 37.5 Å². The van der Waals surface area contributed by atoms with E-state index in [0.29, 0.717) is 12.2 Å². The van der Waals surface area contributed by atoms with Crippen molar-refractivity contribution in [1.82, 2.24) is 0 Å². The van der Waals surface area contributed by atoms with Gasteiger partial charge in [0.2, 0.25) is 0 Å². The predicted molar refractivity (Wildman–Crippen MR) is 97.8 cm³/mol. The van der Waals surface area contributed by atoms with E-state index in [2.05, 4.69) is 13.8 Å². The lowest BCUT2D eigenvalue weighted by Gasteiger charge is -2.29. The van der Waals surface area contributed by atoms with E-state index in [1.807, 2.05) is 0 Å². The fourth-order valence-electron chi connectivity index (χ4n) is 4.19. The SMILES string of the molecule is CCCCCCCCC1CC2OC2CC1COCCCCCC. The lowest BCUT2D eigenvalue weighted by molar-refractivity contribution is 0.0590. The van der Waals surface area contributed by atoms with E-state index in [4.69, 9.17) is 9.47 Å². The molecule has 136 valence electrons. The Bertz CT molecular complexity index is 264. The van der Waals surface area contributed by atoms with Gasteiger partial charge in [-0.3, -0.25) is 0 Å². The third-order valence-corrected chi connectivity index (χ3v) is 5.83. The highest BCUT2D eigenvalue weighted by molar-refractivity contribution is 4.95. The number of fused-ring (bicyclic) bond motifs is 1. The molecule has 4 atom stereocenters. The number of unbranched alkanes of at least 4 members (excludes halogenated alkanes) is 8. The maximum Gasteiger partial charge on any atom is 0.0845 e. The zero-order chi connectivity index (χ0) is 16.3. The van der Waals surface area contributed by atoms with Crippen LogP contribution >= 0.6 is 0 Å². The Morgan fingerprint density at radius 3 is 2.09 bits per heavy atom. The standard InChI is InChI=1S/C21H40O2/c1-3-5-7-9-10-11-13-18-15-20-21(23-20)16-19(18)17-22-14-12-8-6-4-2/h18-21H,3-17H2,1-2H3. The Morgan fingerprint density at radius 1 is 0.739 bits per heavy atom. The largest absolute Gasteiger partial charge is 0.381 e. The minimum atomic E-state index is 0.587. The summed E-state index contributed by atoms with van der Waals surface area (Å²) < 4.78 is 11.8. The summed E-state index contributed by atoms with van der Waals surface area (Å²) in [6.07, 6.45) is 18.9. The molecule has 1 aliphatic carbocycles. The summed E-state index contributed by atoms with van der Waals surface area (Å²) in [6, 6.07) is 0. The molecule has 1 aliphatic heterocycles. The van der Waals surface area contributed by atoms with Gasteiger partial charge in [0.15, 0.2) is 0 Å². The molecule has 0 spiro atoms. The molecule has 0 N–H and O–H groups in total. The van der Waals surface area contributed by atoms with Crippen molar-refractivity contribution in [3.63, 3.8) is 0 Å². The van der Waals surface area contributed by atoms with Gasteiger partial charge in [0.1, 0.15) is 0 Å². The lowest BCUT2D eigenvalue weighted by Crippen LogP contribution is -2.28. The Kier molecular flexibility index (Phi) is 9.60. The molecular weight excluding hydrogens is 284 g/mol. The van der Waals surface area contributed by atoms with Crippen LogP contribution in [0.25, 0.3) is 0 Å². The summed E-state index contributed by atoms with van der Waals surface area (Å²) in [5.41, 5.74) is 0. The van der Waals surface area contributed by atoms with Crippen LogP contribution in [-0.4, -0.2) is 25.4 Å². The number of epoxide rings is 1. The minimum Gasteiger partial charge on any atom is -0.381 e. The highest BCUT2D eigenvalue weighted by Gasteiger charge is 2.47. The van der Waals surface area contributed by atoms with E-state index in [0.717, 1.165) is 25.0 Å². The van der Waals surface area contributed by atoms with Crippen LogP contribution in [-0.2, 0) is 9.47 Å².